The second kappa shape index (κ2) is 6.56. The Morgan fingerprint density at radius 2 is 1.80 bits per heavy atom. The molecule has 0 bridgehead atoms. The van der Waals surface area contributed by atoms with Crippen LogP contribution in [0.3, 0.4) is 0 Å². The first kappa shape index (κ1) is 14.6. The molecule has 0 aliphatic heterocycles. The van der Waals surface area contributed by atoms with Crippen molar-refractivity contribution in [3.05, 3.63) is 71.3 Å². The van der Waals surface area contributed by atoms with E-state index in [1.54, 1.807) is 0 Å². The van der Waals surface area contributed by atoms with E-state index in [4.69, 9.17) is 10.6 Å². The Morgan fingerprint density at radius 3 is 2.40 bits per heavy atom. The van der Waals surface area contributed by atoms with Gasteiger partial charge >= 0.3 is 0 Å². The van der Waals surface area contributed by atoms with Crippen LogP contribution < -0.4 is 11.3 Å². The van der Waals surface area contributed by atoms with E-state index in [0.717, 1.165) is 23.8 Å². The topological polar surface area (TPSA) is 47.3 Å². The zero-order chi connectivity index (χ0) is 14.5. The number of ether oxygens (including phenoxy) is 1. The van der Waals surface area contributed by atoms with Crippen LogP contribution in [0.4, 0.5) is 8.78 Å². The lowest BCUT2D eigenvalue weighted by Crippen LogP contribution is -2.34. The molecular weight excluding hydrogens is 262 g/mol. The van der Waals surface area contributed by atoms with E-state index < -0.39 is 23.8 Å². The largest absolute Gasteiger partial charge is 0.375 e. The second-order valence-corrected chi connectivity index (χ2v) is 4.38. The summed E-state index contributed by atoms with van der Waals surface area (Å²) in [6.45, 7) is 0. The molecule has 0 fully saturated rings. The highest BCUT2D eigenvalue weighted by molar-refractivity contribution is 5.28. The number of hydrazine groups is 1. The third-order valence-electron chi connectivity index (χ3n) is 3.16. The molecule has 0 spiro atoms. The number of hydrogen-bond acceptors (Lipinski definition) is 3. The van der Waals surface area contributed by atoms with Crippen molar-refractivity contribution in [2.24, 2.45) is 5.84 Å². The highest BCUT2D eigenvalue weighted by Gasteiger charge is 2.26. The summed E-state index contributed by atoms with van der Waals surface area (Å²) in [5.41, 5.74) is 3.45. The van der Waals surface area contributed by atoms with Crippen LogP contribution in [-0.4, -0.2) is 7.11 Å². The Kier molecular flexibility index (Phi) is 4.79. The van der Waals surface area contributed by atoms with Crippen molar-refractivity contribution in [3.8, 4) is 0 Å². The SMILES string of the molecule is COC(c1ccccc1)C(NN)c1cc(F)ccc1F. The van der Waals surface area contributed by atoms with Crippen LogP contribution in [0.15, 0.2) is 48.5 Å². The first-order chi connectivity index (χ1) is 9.67. The van der Waals surface area contributed by atoms with Gasteiger partial charge in [-0.15, -0.1) is 0 Å². The molecule has 0 aliphatic carbocycles. The van der Waals surface area contributed by atoms with Gasteiger partial charge < -0.3 is 4.74 Å². The second-order valence-electron chi connectivity index (χ2n) is 4.38. The molecule has 20 heavy (non-hydrogen) atoms. The van der Waals surface area contributed by atoms with E-state index in [9.17, 15) is 8.78 Å². The molecule has 0 saturated carbocycles. The number of rotatable bonds is 5. The molecule has 0 aliphatic rings. The van der Waals surface area contributed by atoms with Gasteiger partial charge in [0.25, 0.3) is 0 Å². The molecule has 2 aromatic rings. The summed E-state index contributed by atoms with van der Waals surface area (Å²) in [4.78, 5) is 0. The Hall–Kier alpha value is -1.82. The van der Waals surface area contributed by atoms with E-state index in [-0.39, 0.29) is 5.56 Å². The van der Waals surface area contributed by atoms with Crippen LogP contribution in [0, 0.1) is 11.6 Å². The van der Waals surface area contributed by atoms with Gasteiger partial charge in [-0.25, -0.2) is 14.2 Å². The molecule has 3 nitrogen and oxygen atoms in total. The van der Waals surface area contributed by atoms with Gasteiger partial charge in [-0.1, -0.05) is 30.3 Å². The van der Waals surface area contributed by atoms with Crippen molar-refractivity contribution >= 4 is 0 Å². The van der Waals surface area contributed by atoms with Gasteiger partial charge in [0.05, 0.1) is 6.04 Å². The molecule has 2 rings (SSSR count). The fourth-order valence-electron chi connectivity index (χ4n) is 2.20. The Balaban J connectivity index is 2.42. The van der Waals surface area contributed by atoms with Crippen LogP contribution >= 0.6 is 0 Å². The average molecular weight is 278 g/mol. The van der Waals surface area contributed by atoms with Crippen molar-refractivity contribution in [1.82, 2.24) is 5.43 Å². The zero-order valence-electron chi connectivity index (χ0n) is 11.0. The molecule has 0 saturated heterocycles. The molecule has 2 unspecified atom stereocenters. The van der Waals surface area contributed by atoms with Crippen molar-refractivity contribution < 1.29 is 13.5 Å². The quantitative estimate of drug-likeness (QED) is 0.653. The summed E-state index contributed by atoms with van der Waals surface area (Å²) in [5, 5.41) is 0. The number of hydrogen-bond donors (Lipinski definition) is 2. The van der Waals surface area contributed by atoms with Gasteiger partial charge in [0.1, 0.15) is 17.7 Å². The van der Waals surface area contributed by atoms with Crippen molar-refractivity contribution in [1.29, 1.82) is 0 Å². The summed E-state index contributed by atoms with van der Waals surface area (Å²) in [6, 6.07) is 11.8. The minimum absolute atomic E-state index is 0.128. The van der Waals surface area contributed by atoms with Gasteiger partial charge in [-0.3, -0.25) is 5.84 Å². The van der Waals surface area contributed by atoms with E-state index in [0.29, 0.717) is 0 Å². The monoisotopic (exact) mass is 278 g/mol. The lowest BCUT2D eigenvalue weighted by Gasteiger charge is -2.26. The highest BCUT2D eigenvalue weighted by atomic mass is 19.1. The average Bonchev–Trinajstić information content (AvgIpc) is 2.48. The van der Waals surface area contributed by atoms with Gasteiger partial charge in [0.15, 0.2) is 0 Å². The fraction of sp³-hybridized carbons (Fsp3) is 0.200. The lowest BCUT2D eigenvalue weighted by molar-refractivity contribution is 0.0663. The molecule has 0 aromatic heterocycles. The van der Waals surface area contributed by atoms with E-state index >= 15 is 0 Å². The number of methoxy groups -OCH3 is 1. The third-order valence-corrected chi connectivity index (χ3v) is 3.16. The molecule has 0 heterocycles. The minimum Gasteiger partial charge on any atom is -0.375 e. The summed E-state index contributed by atoms with van der Waals surface area (Å²) in [6.07, 6.45) is -0.530. The molecule has 3 N–H and O–H groups in total. The maximum atomic E-state index is 13.9. The van der Waals surface area contributed by atoms with Crippen LogP contribution in [0.1, 0.15) is 23.3 Å². The van der Waals surface area contributed by atoms with Crippen LogP contribution in [0.2, 0.25) is 0 Å². The minimum atomic E-state index is -0.696. The Labute approximate surface area is 116 Å². The van der Waals surface area contributed by atoms with Crippen LogP contribution in [0.25, 0.3) is 0 Å². The van der Waals surface area contributed by atoms with Crippen molar-refractivity contribution in [3.63, 3.8) is 0 Å². The van der Waals surface area contributed by atoms with Crippen LogP contribution in [-0.2, 0) is 4.74 Å². The number of halogens is 2. The Bertz CT molecular complexity index is 563. The maximum Gasteiger partial charge on any atom is 0.128 e. The van der Waals surface area contributed by atoms with E-state index in [2.05, 4.69) is 5.43 Å². The third kappa shape index (κ3) is 3.01. The highest BCUT2D eigenvalue weighted by Crippen LogP contribution is 2.32. The van der Waals surface area contributed by atoms with E-state index in [1.165, 1.54) is 7.11 Å². The smallest absolute Gasteiger partial charge is 0.128 e. The van der Waals surface area contributed by atoms with Crippen LogP contribution in [0.5, 0.6) is 0 Å². The maximum absolute atomic E-state index is 13.9. The van der Waals surface area contributed by atoms with Crippen molar-refractivity contribution in [2.45, 2.75) is 12.1 Å². The zero-order valence-corrected chi connectivity index (χ0v) is 11.0. The standard InChI is InChI=1S/C15H16F2N2O/c1-20-15(10-5-3-2-4-6-10)14(19-18)12-9-11(16)7-8-13(12)17/h2-9,14-15,19H,18H2,1H3. The summed E-state index contributed by atoms with van der Waals surface area (Å²) in [7, 11) is 1.50. The first-order valence-corrected chi connectivity index (χ1v) is 6.16. The molecule has 106 valence electrons. The fourth-order valence-corrected chi connectivity index (χ4v) is 2.20. The van der Waals surface area contributed by atoms with E-state index in [1.807, 2.05) is 30.3 Å². The summed E-state index contributed by atoms with van der Waals surface area (Å²) in [5.74, 6) is 4.46. The van der Waals surface area contributed by atoms with Gasteiger partial charge in [0, 0.05) is 12.7 Å². The number of nitrogens with one attached hydrogen (secondary N) is 1. The molecule has 2 atom stereocenters. The van der Waals surface area contributed by atoms with Gasteiger partial charge in [-0.2, -0.15) is 0 Å². The lowest BCUT2D eigenvalue weighted by atomic mass is 9.95. The van der Waals surface area contributed by atoms with Gasteiger partial charge in [0.2, 0.25) is 0 Å². The predicted molar refractivity (Wildman–Crippen MR) is 72.6 cm³/mol. The molecule has 0 radical (unpaired) electrons. The number of nitrogens with two attached hydrogens (primary N) is 1. The number of benzene rings is 2. The van der Waals surface area contributed by atoms with Crippen molar-refractivity contribution in [2.75, 3.05) is 7.11 Å². The predicted octanol–water partition coefficient (Wildman–Crippen LogP) is 2.86. The normalized spacial score (nSPS) is 14.0. The molecule has 0 amide bonds. The summed E-state index contributed by atoms with van der Waals surface area (Å²) < 4.78 is 32.6. The Morgan fingerprint density at radius 1 is 1.10 bits per heavy atom. The molecule has 2 aromatic carbocycles. The molecule has 5 heteroatoms. The van der Waals surface area contributed by atoms with Gasteiger partial charge in [-0.05, 0) is 23.8 Å². The molecular formula is C15H16F2N2O. The summed E-state index contributed by atoms with van der Waals surface area (Å²) >= 11 is 0. The first-order valence-electron chi connectivity index (χ1n) is 6.16.